The number of amides is 1. The Morgan fingerprint density at radius 3 is 2.53 bits per heavy atom. The Labute approximate surface area is 186 Å². The van der Waals surface area contributed by atoms with Crippen molar-refractivity contribution in [2.24, 2.45) is 0 Å². The van der Waals surface area contributed by atoms with E-state index in [9.17, 15) is 13.2 Å². The Bertz CT molecular complexity index is 1220. The van der Waals surface area contributed by atoms with Crippen LogP contribution in [0.4, 0.5) is 5.69 Å². The lowest BCUT2D eigenvalue weighted by Gasteiger charge is -2.10. The molecule has 1 aliphatic heterocycles. The lowest BCUT2D eigenvalue weighted by atomic mass is 10.1. The van der Waals surface area contributed by atoms with E-state index in [2.05, 4.69) is 5.32 Å². The normalized spacial score (nSPS) is 12.4. The number of fused-ring (bicyclic) bond motifs is 1. The quantitative estimate of drug-likeness (QED) is 0.555. The fraction of sp³-hybridized carbons (Fsp3) is 0.208. The van der Waals surface area contributed by atoms with Gasteiger partial charge in [0.05, 0.1) is 4.90 Å². The molecule has 1 heterocycles. The largest absolute Gasteiger partial charge is 0.489 e. The second-order valence-electron chi connectivity index (χ2n) is 7.47. The highest BCUT2D eigenvalue weighted by molar-refractivity contribution is 7.90. The van der Waals surface area contributed by atoms with Crippen LogP contribution in [0.25, 0.3) is 0 Å². The maximum Gasteiger partial charge on any atom is 0.231 e. The molecule has 1 aliphatic rings. The molecule has 0 radical (unpaired) electrons. The molecule has 1 amide bonds. The fourth-order valence-corrected chi connectivity index (χ4v) is 3.89. The third kappa shape index (κ3) is 5.59. The molecule has 8 heteroatoms. The lowest BCUT2D eigenvalue weighted by molar-refractivity contribution is -0.116. The van der Waals surface area contributed by atoms with Crippen LogP contribution in [0.2, 0.25) is 0 Å². The molecule has 0 atom stereocenters. The van der Waals surface area contributed by atoms with Gasteiger partial charge in [-0.2, -0.15) is 0 Å². The summed E-state index contributed by atoms with van der Waals surface area (Å²) in [5, 5.41) is 2.89. The molecule has 0 saturated heterocycles. The number of nitrogens with one attached hydrogen (secondary N) is 1. The molecule has 0 unspecified atom stereocenters. The molecule has 7 nitrogen and oxygen atoms in total. The Morgan fingerprint density at radius 2 is 1.75 bits per heavy atom. The van der Waals surface area contributed by atoms with E-state index in [1.54, 1.807) is 30.3 Å². The lowest BCUT2D eigenvalue weighted by Crippen LogP contribution is -2.12. The molecule has 32 heavy (non-hydrogen) atoms. The van der Waals surface area contributed by atoms with Crippen LogP contribution in [0, 0.1) is 0 Å². The van der Waals surface area contributed by atoms with Crippen LogP contribution < -0.4 is 19.5 Å². The number of benzene rings is 3. The summed E-state index contributed by atoms with van der Waals surface area (Å²) in [5.74, 6) is 1.92. The van der Waals surface area contributed by atoms with Crippen molar-refractivity contribution in [1.29, 1.82) is 0 Å². The van der Waals surface area contributed by atoms with Gasteiger partial charge in [-0.1, -0.05) is 24.3 Å². The number of sulfone groups is 1. The van der Waals surface area contributed by atoms with Crippen LogP contribution >= 0.6 is 0 Å². The van der Waals surface area contributed by atoms with Crippen molar-refractivity contribution in [1.82, 2.24) is 0 Å². The van der Waals surface area contributed by atoms with Crippen LogP contribution in [-0.2, 0) is 27.7 Å². The number of anilines is 1. The van der Waals surface area contributed by atoms with E-state index >= 15 is 0 Å². The van der Waals surface area contributed by atoms with Crippen LogP contribution in [0.3, 0.4) is 0 Å². The number of aryl methyl sites for hydroxylation is 1. The highest BCUT2D eigenvalue weighted by Gasteiger charge is 2.14. The Hall–Kier alpha value is -3.52. The van der Waals surface area contributed by atoms with Gasteiger partial charge in [-0.15, -0.1) is 0 Å². The highest BCUT2D eigenvalue weighted by Crippen LogP contribution is 2.35. The monoisotopic (exact) mass is 453 g/mol. The first-order valence-electron chi connectivity index (χ1n) is 10.1. The topological polar surface area (TPSA) is 90.9 Å². The van der Waals surface area contributed by atoms with E-state index in [1.807, 2.05) is 36.4 Å². The van der Waals surface area contributed by atoms with Crippen molar-refractivity contribution in [2.75, 3.05) is 18.4 Å². The predicted octanol–water partition coefficient (Wildman–Crippen LogP) is 3.97. The molecule has 166 valence electrons. The first-order valence-corrected chi connectivity index (χ1v) is 12.0. The second kappa shape index (κ2) is 9.32. The van der Waals surface area contributed by atoms with Gasteiger partial charge >= 0.3 is 0 Å². The molecular weight excluding hydrogens is 430 g/mol. The average Bonchev–Trinajstić information content (AvgIpc) is 3.24. The average molecular weight is 454 g/mol. The molecule has 0 aromatic heterocycles. The Kier molecular flexibility index (Phi) is 6.32. The van der Waals surface area contributed by atoms with Crippen molar-refractivity contribution in [3.63, 3.8) is 0 Å². The summed E-state index contributed by atoms with van der Waals surface area (Å²) >= 11 is 0. The number of hydrogen-bond donors (Lipinski definition) is 1. The summed E-state index contributed by atoms with van der Waals surface area (Å²) in [6, 6.07) is 19.5. The second-order valence-corrected chi connectivity index (χ2v) is 9.48. The van der Waals surface area contributed by atoms with Gasteiger partial charge in [0.15, 0.2) is 21.3 Å². The summed E-state index contributed by atoms with van der Waals surface area (Å²) in [4.78, 5) is 12.6. The number of ether oxygens (including phenoxy) is 3. The van der Waals surface area contributed by atoms with Gasteiger partial charge in [-0.25, -0.2) is 8.42 Å². The van der Waals surface area contributed by atoms with Gasteiger partial charge in [0.1, 0.15) is 12.4 Å². The minimum Gasteiger partial charge on any atom is -0.489 e. The zero-order valence-corrected chi connectivity index (χ0v) is 18.4. The summed E-state index contributed by atoms with van der Waals surface area (Å²) in [5.41, 5.74) is 2.50. The van der Waals surface area contributed by atoms with Crippen molar-refractivity contribution in [3.05, 3.63) is 77.9 Å². The molecule has 0 spiro atoms. The van der Waals surface area contributed by atoms with Crippen molar-refractivity contribution in [3.8, 4) is 17.2 Å². The van der Waals surface area contributed by atoms with Gasteiger partial charge in [-0.05, 0) is 53.9 Å². The fourth-order valence-electron chi connectivity index (χ4n) is 3.26. The van der Waals surface area contributed by atoms with Crippen molar-refractivity contribution >= 4 is 21.4 Å². The number of carbonyl (C=O) groups excluding carboxylic acids is 1. The number of rotatable bonds is 8. The Balaban J connectivity index is 1.29. The molecule has 0 fully saturated rings. The predicted molar refractivity (Wildman–Crippen MR) is 120 cm³/mol. The van der Waals surface area contributed by atoms with Crippen LogP contribution in [0.1, 0.15) is 17.5 Å². The first-order chi connectivity index (χ1) is 15.4. The third-order valence-corrected chi connectivity index (χ3v) is 6.08. The number of hydrogen-bond acceptors (Lipinski definition) is 6. The Morgan fingerprint density at radius 1 is 0.969 bits per heavy atom. The van der Waals surface area contributed by atoms with Gasteiger partial charge in [0.25, 0.3) is 0 Å². The van der Waals surface area contributed by atoms with E-state index in [-0.39, 0.29) is 24.0 Å². The molecule has 4 rings (SSSR count). The SMILES string of the molecule is CS(=O)(=O)c1ccc(CCC(=O)Nc2cccc(COc3ccc4c(c3)OCO4)c2)cc1. The summed E-state index contributed by atoms with van der Waals surface area (Å²) in [7, 11) is -3.22. The molecule has 0 aliphatic carbocycles. The minimum atomic E-state index is -3.22. The zero-order valence-electron chi connectivity index (χ0n) is 17.5. The molecule has 0 bridgehead atoms. The zero-order chi connectivity index (χ0) is 22.6. The third-order valence-electron chi connectivity index (χ3n) is 4.95. The van der Waals surface area contributed by atoms with Gasteiger partial charge in [-0.3, -0.25) is 4.79 Å². The maximum atomic E-state index is 12.3. The number of carbonyl (C=O) groups is 1. The molecule has 3 aromatic rings. The highest BCUT2D eigenvalue weighted by atomic mass is 32.2. The standard InChI is InChI=1S/C24H23NO6S/c1-32(27,28)21-9-5-17(6-10-21)7-12-24(26)25-19-4-2-3-18(13-19)15-29-20-8-11-22-23(14-20)31-16-30-22/h2-6,8-11,13-14H,7,12,15-16H2,1H3,(H,25,26). The van der Waals surface area contributed by atoms with E-state index in [0.717, 1.165) is 11.1 Å². The van der Waals surface area contributed by atoms with Gasteiger partial charge in [0.2, 0.25) is 12.7 Å². The van der Waals surface area contributed by atoms with Crippen LogP contribution in [0.15, 0.2) is 71.6 Å². The smallest absolute Gasteiger partial charge is 0.231 e. The first kappa shape index (κ1) is 21.7. The van der Waals surface area contributed by atoms with Crippen molar-refractivity contribution in [2.45, 2.75) is 24.3 Å². The van der Waals surface area contributed by atoms with E-state index in [0.29, 0.717) is 36.0 Å². The van der Waals surface area contributed by atoms with E-state index in [1.165, 1.54) is 6.26 Å². The molecule has 0 saturated carbocycles. The molecular formula is C24H23NO6S. The minimum absolute atomic E-state index is 0.119. The summed E-state index contributed by atoms with van der Waals surface area (Å²) in [6.07, 6.45) is 1.97. The molecule has 1 N–H and O–H groups in total. The molecule has 3 aromatic carbocycles. The maximum absolute atomic E-state index is 12.3. The summed E-state index contributed by atoms with van der Waals surface area (Å²) < 4.78 is 39.5. The van der Waals surface area contributed by atoms with Crippen molar-refractivity contribution < 1.29 is 27.4 Å². The van der Waals surface area contributed by atoms with Gasteiger partial charge < -0.3 is 19.5 Å². The van der Waals surface area contributed by atoms with Crippen LogP contribution in [0.5, 0.6) is 17.2 Å². The summed E-state index contributed by atoms with van der Waals surface area (Å²) in [6.45, 7) is 0.558. The van der Waals surface area contributed by atoms with Crippen LogP contribution in [-0.4, -0.2) is 27.4 Å². The van der Waals surface area contributed by atoms with E-state index in [4.69, 9.17) is 14.2 Å². The van der Waals surface area contributed by atoms with E-state index < -0.39 is 9.84 Å². The van der Waals surface area contributed by atoms with Gasteiger partial charge in [0, 0.05) is 24.4 Å².